The van der Waals surface area contributed by atoms with Gasteiger partial charge in [-0.1, -0.05) is 12.8 Å². The molecule has 0 saturated carbocycles. The molecule has 58 valence electrons. The van der Waals surface area contributed by atoms with Gasteiger partial charge in [0, 0.05) is 7.05 Å². The highest BCUT2D eigenvalue weighted by Gasteiger charge is 2.24. The van der Waals surface area contributed by atoms with Gasteiger partial charge in [0.2, 0.25) is 0 Å². The largest absolute Gasteiger partial charge is 0.465 e. The highest BCUT2D eigenvalue weighted by atomic mass is 28.3. The lowest BCUT2D eigenvalue weighted by atomic mass is 10.4. The maximum Gasteiger partial charge on any atom is 0.398 e. The van der Waals surface area contributed by atoms with Crippen LogP contribution in [0.1, 0.15) is 12.8 Å². The van der Waals surface area contributed by atoms with E-state index in [1.165, 1.54) is 24.9 Å². The minimum absolute atomic E-state index is 0.737. The third-order valence-corrected chi connectivity index (χ3v) is 5.64. The molecule has 0 aromatic heterocycles. The van der Waals surface area contributed by atoms with Crippen LogP contribution in [0.3, 0.4) is 0 Å². The Morgan fingerprint density at radius 3 is 2.40 bits per heavy atom. The van der Waals surface area contributed by atoms with Crippen molar-refractivity contribution in [3.8, 4) is 0 Å². The lowest BCUT2D eigenvalue weighted by molar-refractivity contribution is 0.177. The predicted octanol–water partition coefficient (Wildman–Crippen LogP) is 1.11. The van der Waals surface area contributed by atoms with E-state index < -0.39 is 15.1 Å². The summed E-state index contributed by atoms with van der Waals surface area (Å²) >= 11 is 0. The topological polar surface area (TPSA) is 40.5 Å². The molecule has 0 atom stereocenters. The maximum atomic E-state index is 10.4. The number of carbonyl (C=O) groups is 1. The van der Waals surface area contributed by atoms with Gasteiger partial charge < -0.3 is 9.67 Å². The Morgan fingerprint density at radius 2 is 2.00 bits per heavy atom. The molecule has 0 bridgehead atoms. The van der Waals surface area contributed by atoms with Crippen molar-refractivity contribution in [3.63, 3.8) is 0 Å². The van der Waals surface area contributed by atoms with Crippen LogP contribution in [0.4, 0.5) is 4.79 Å². The number of hydrogen-bond donors (Lipinski definition) is 1. The fourth-order valence-electron chi connectivity index (χ4n) is 1.45. The van der Waals surface area contributed by atoms with Crippen molar-refractivity contribution in [2.24, 2.45) is 0 Å². The van der Waals surface area contributed by atoms with E-state index in [-0.39, 0.29) is 0 Å². The number of nitrogens with zero attached hydrogens (tertiary/aromatic N) is 1. The molecule has 4 heteroatoms. The van der Waals surface area contributed by atoms with Crippen LogP contribution in [-0.4, -0.2) is 31.8 Å². The van der Waals surface area contributed by atoms with Gasteiger partial charge in [-0.25, -0.2) is 4.79 Å². The second kappa shape index (κ2) is 3.05. The normalized spacial score (nSPS) is 19.3. The minimum Gasteiger partial charge on any atom is -0.465 e. The molecular weight excluding hydrogens is 146 g/mol. The smallest absolute Gasteiger partial charge is 0.398 e. The second-order valence-corrected chi connectivity index (χ2v) is 6.07. The zero-order valence-corrected chi connectivity index (χ0v) is 7.36. The number of rotatable bonds is 1. The van der Waals surface area contributed by atoms with Crippen molar-refractivity contribution in [1.29, 1.82) is 0 Å². The average Bonchev–Trinajstić information content (AvgIpc) is 2.36. The summed E-state index contributed by atoms with van der Waals surface area (Å²) in [5.74, 6) is 0. The van der Waals surface area contributed by atoms with E-state index in [1.54, 1.807) is 11.6 Å². The van der Waals surface area contributed by atoms with E-state index >= 15 is 0 Å². The molecule has 10 heavy (non-hydrogen) atoms. The fourth-order valence-corrected chi connectivity index (χ4v) is 4.34. The highest BCUT2D eigenvalue weighted by molar-refractivity contribution is 6.58. The van der Waals surface area contributed by atoms with Crippen LogP contribution in [0.25, 0.3) is 0 Å². The quantitative estimate of drug-likeness (QED) is 0.582. The Bertz CT molecular complexity index is 134. The van der Waals surface area contributed by atoms with Gasteiger partial charge in [-0.3, -0.25) is 0 Å². The molecule has 1 fully saturated rings. The van der Waals surface area contributed by atoms with Gasteiger partial charge in [0.25, 0.3) is 0 Å². The lowest BCUT2D eigenvalue weighted by Crippen LogP contribution is -2.37. The average molecular weight is 159 g/mol. The van der Waals surface area contributed by atoms with Crippen LogP contribution in [-0.2, 0) is 0 Å². The van der Waals surface area contributed by atoms with Gasteiger partial charge in [0.05, 0.1) is 0 Å². The van der Waals surface area contributed by atoms with Crippen molar-refractivity contribution in [3.05, 3.63) is 0 Å². The summed E-state index contributed by atoms with van der Waals surface area (Å²) in [5, 5.41) is 8.60. The van der Waals surface area contributed by atoms with E-state index in [0.29, 0.717) is 0 Å². The first kappa shape index (κ1) is 7.59. The van der Waals surface area contributed by atoms with Crippen molar-refractivity contribution < 1.29 is 9.90 Å². The van der Waals surface area contributed by atoms with Crippen LogP contribution in [0.5, 0.6) is 0 Å². The molecule has 0 unspecified atom stereocenters. The summed E-state index contributed by atoms with van der Waals surface area (Å²) in [4.78, 5) is 10.4. The van der Waals surface area contributed by atoms with E-state index in [9.17, 15) is 4.79 Å². The molecule has 3 nitrogen and oxygen atoms in total. The van der Waals surface area contributed by atoms with Crippen LogP contribution in [0, 0.1) is 0 Å². The third kappa shape index (κ3) is 1.50. The molecule has 0 spiro atoms. The Labute approximate surface area is 62.3 Å². The zero-order chi connectivity index (χ0) is 7.56. The predicted molar refractivity (Wildman–Crippen MR) is 41.8 cm³/mol. The molecule has 1 N–H and O–H groups in total. The molecular formula is C6H13NO2Si. The van der Waals surface area contributed by atoms with Gasteiger partial charge in [-0.05, 0) is 12.1 Å². The van der Waals surface area contributed by atoms with Crippen LogP contribution in [0.15, 0.2) is 0 Å². The monoisotopic (exact) mass is 159 g/mol. The minimum atomic E-state index is -0.999. The van der Waals surface area contributed by atoms with E-state index in [1.807, 2.05) is 0 Å². The second-order valence-electron chi connectivity index (χ2n) is 2.83. The maximum absolute atomic E-state index is 10.4. The fraction of sp³-hybridized carbons (Fsp3) is 0.833. The summed E-state index contributed by atoms with van der Waals surface area (Å²) < 4.78 is 1.56. The molecule has 0 radical (unpaired) electrons. The molecule has 1 rings (SSSR count). The lowest BCUT2D eigenvalue weighted by Gasteiger charge is -2.18. The first-order chi connectivity index (χ1) is 4.72. The third-order valence-electron chi connectivity index (χ3n) is 2.17. The zero-order valence-electron chi connectivity index (χ0n) is 6.21. The highest BCUT2D eigenvalue weighted by Crippen LogP contribution is 2.20. The molecule has 1 amide bonds. The molecule has 0 aromatic carbocycles. The molecule has 1 heterocycles. The van der Waals surface area contributed by atoms with Gasteiger partial charge in [0.15, 0.2) is 0 Å². The van der Waals surface area contributed by atoms with Crippen molar-refractivity contribution in [1.82, 2.24) is 4.57 Å². The Balaban J connectivity index is 2.39. The Kier molecular flexibility index (Phi) is 2.32. The van der Waals surface area contributed by atoms with Crippen LogP contribution in [0.2, 0.25) is 12.1 Å². The Hall–Kier alpha value is -0.513. The number of hydrogen-bond acceptors (Lipinski definition) is 1. The molecule has 1 aliphatic heterocycles. The van der Waals surface area contributed by atoms with Gasteiger partial charge in [-0.2, -0.15) is 0 Å². The SMILES string of the molecule is CN(C(=O)O)[SiH]1CCCC1. The van der Waals surface area contributed by atoms with Gasteiger partial charge >= 0.3 is 6.09 Å². The number of carboxylic acid groups (broad SMARTS) is 1. The summed E-state index contributed by atoms with van der Waals surface area (Å²) in [6.07, 6.45) is 1.75. The van der Waals surface area contributed by atoms with Gasteiger partial charge in [0.1, 0.15) is 8.96 Å². The first-order valence-electron chi connectivity index (χ1n) is 3.67. The Morgan fingerprint density at radius 1 is 1.50 bits per heavy atom. The van der Waals surface area contributed by atoms with Crippen molar-refractivity contribution in [2.45, 2.75) is 24.9 Å². The molecule has 0 aromatic rings. The molecule has 1 saturated heterocycles. The standard InChI is InChI=1S/C6H13NO2Si/c1-7(6(8)9)10-4-2-3-5-10/h10H,2-5H2,1H3,(H,8,9). The molecule has 1 aliphatic rings. The number of amides is 1. The summed E-state index contributed by atoms with van der Waals surface area (Å²) in [7, 11) is 0.714. The summed E-state index contributed by atoms with van der Waals surface area (Å²) in [6.45, 7) is 0. The molecule has 0 aliphatic carbocycles. The van der Waals surface area contributed by atoms with Gasteiger partial charge in [-0.15, -0.1) is 0 Å². The van der Waals surface area contributed by atoms with E-state index in [0.717, 1.165) is 0 Å². The van der Waals surface area contributed by atoms with Crippen molar-refractivity contribution >= 4 is 15.1 Å². The van der Waals surface area contributed by atoms with E-state index in [4.69, 9.17) is 5.11 Å². The summed E-state index contributed by atoms with van der Waals surface area (Å²) in [5.41, 5.74) is 0. The van der Waals surface area contributed by atoms with E-state index in [2.05, 4.69) is 0 Å². The summed E-state index contributed by atoms with van der Waals surface area (Å²) in [6, 6.07) is 2.37. The van der Waals surface area contributed by atoms with Crippen LogP contribution >= 0.6 is 0 Å². The van der Waals surface area contributed by atoms with Crippen LogP contribution < -0.4 is 0 Å². The first-order valence-corrected chi connectivity index (χ1v) is 5.82. The van der Waals surface area contributed by atoms with Crippen molar-refractivity contribution in [2.75, 3.05) is 7.05 Å².